The van der Waals surface area contributed by atoms with E-state index < -0.39 is 23.8 Å². The number of benzene rings is 2. The molecule has 0 aliphatic heterocycles. The number of rotatable bonds is 8. The summed E-state index contributed by atoms with van der Waals surface area (Å²) in [6.07, 6.45) is -0.197. The fourth-order valence-electron chi connectivity index (χ4n) is 2.41. The topological polar surface area (TPSA) is 98.1 Å². The highest BCUT2D eigenvalue weighted by Crippen LogP contribution is 2.17. The first-order valence-corrected chi connectivity index (χ1v) is 8.51. The maximum Gasteiger partial charge on any atom is 0.506 e. The minimum Gasteiger partial charge on any atom is -0.489 e. The first-order chi connectivity index (χ1) is 13.4. The number of halogens is 1. The van der Waals surface area contributed by atoms with E-state index in [0.29, 0.717) is 17.0 Å². The van der Waals surface area contributed by atoms with Gasteiger partial charge in [-0.3, -0.25) is 9.59 Å². The molecule has 0 saturated carbocycles. The van der Waals surface area contributed by atoms with Crippen molar-refractivity contribution in [2.75, 3.05) is 12.4 Å². The van der Waals surface area contributed by atoms with E-state index in [2.05, 4.69) is 15.4 Å². The fraction of sp³-hybridized carbons (Fsp3) is 0.250. The molecular formula is C20H22FN2O5+. The van der Waals surface area contributed by atoms with Gasteiger partial charge >= 0.3 is 5.97 Å². The molecule has 2 amide bonds. The molecule has 0 spiro atoms. The SMILES string of the molecule is COC(=[OH+])[C@H](CC(=O)Nc1ccc(OCc2cccc(F)c2)cc1)NC(C)=O. The van der Waals surface area contributed by atoms with Gasteiger partial charge in [0.25, 0.3) is 0 Å². The van der Waals surface area contributed by atoms with Gasteiger partial charge in [-0.05, 0) is 42.0 Å². The van der Waals surface area contributed by atoms with Crippen LogP contribution in [0.4, 0.5) is 10.1 Å². The van der Waals surface area contributed by atoms with E-state index in [1.54, 1.807) is 36.4 Å². The lowest BCUT2D eigenvalue weighted by Crippen LogP contribution is -2.43. The molecule has 2 aromatic rings. The number of hydrogen-bond donors (Lipinski definition) is 2. The zero-order valence-corrected chi connectivity index (χ0v) is 15.6. The van der Waals surface area contributed by atoms with Crippen LogP contribution in [0, 0.1) is 5.82 Å². The Kier molecular flexibility index (Phi) is 7.50. The second kappa shape index (κ2) is 10.1. The van der Waals surface area contributed by atoms with E-state index in [1.807, 2.05) is 0 Å². The Morgan fingerprint density at radius 2 is 1.89 bits per heavy atom. The molecule has 7 nitrogen and oxygen atoms in total. The summed E-state index contributed by atoms with van der Waals surface area (Å²) in [5.41, 5.74) is 1.22. The Labute approximate surface area is 161 Å². The Morgan fingerprint density at radius 1 is 1.18 bits per heavy atom. The summed E-state index contributed by atoms with van der Waals surface area (Å²) in [6, 6.07) is 11.8. The van der Waals surface area contributed by atoms with Gasteiger partial charge in [-0.2, -0.15) is 0 Å². The maximum absolute atomic E-state index is 13.2. The molecule has 2 rings (SSSR count). The van der Waals surface area contributed by atoms with Crippen LogP contribution in [0.5, 0.6) is 5.75 Å². The number of carbonyl (C=O) groups is 2. The number of anilines is 1. The molecule has 8 heteroatoms. The number of hydrogen-bond acceptors (Lipinski definition) is 4. The number of carbonyl (C=O) groups excluding carboxylic acids is 3. The van der Waals surface area contributed by atoms with Crippen molar-refractivity contribution in [3.63, 3.8) is 0 Å². The van der Waals surface area contributed by atoms with Crippen molar-refractivity contribution in [3.05, 3.63) is 59.9 Å². The van der Waals surface area contributed by atoms with Crippen LogP contribution in [0.25, 0.3) is 0 Å². The zero-order valence-electron chi connectivity index (χ0n) is 15.6. The van der Waals surface area contributed by atoms with Gasteiger partial charge in [-0.1, -0.05) is 12.1 Å². The second-order valence-electron chi connectivity index (χ2n) is 5.99. The van der Waals surface area contributed by atoms with Crippen LogP contribution < -0.4 is 15.4 Å². The highest BCUT2D eigenvalue weighted by molar-refractivity contribution is 5.95. The number of nitrogens with one attached hydrogen (secondary N) is 2. The van der Waals surface area contributed by atoms with E-state index >= 15 is 0 Å². The molecule has 0 aliphatic rings. The van der Waals surface area contributed by atoms with Crippen molar-refractivity contribution in [2.45, 2.75) is 26.0 Å². The summed E-state index contributed by atoms with van der Waals surface area (Å²) in [7, 11) is 1.24. The molecule has 0 aromatic heterocycles. The Bertz CT molecular complexity index is 839. The Morgan fingerprint density at radius 3 is 2.50 bits per heavy atom. The van der Waals surface area contributed by atoms with E-state index in [4.69, 9.17) is 4.74 Å². The molecule has 0 saturated heterocycles. The van der Waals surface area contributed by atoms with E-state index in [1.165, 1.54) is 26.2 Å². The molecular weight excluding hydrogens is 367 g/mol. The van der Waals surface area contributed by atoms with Gasteiger partial charge in [0.1, 0.15) is 18.2 Å². The third-order valence-corrected chi connectivity index (χ3v) is 3.71. The second-order valence-corrected chi connectivity index (χ2v) is 5.99. The average molecular weight is 389 g/mol. The Hall–Kier alpha value is -3.42. The van der Waals surface area contributed by atoms with Crippen molar-refractivity contribution in [3.8, 4) is 5.75 Å². The molecule has 1 atom stereocenters. The average Bonchev–Trinajstić information content (AvgIpc) is 2.66. The third kappa shape index (κ3) is 6.71. The molecule has 28 heavy (non-hydrogen) atoms. The van der Waals surface area contributed by atoms with Gasteiger partial charge in [0, 0.05) is 12.6 Å². The normalized spacial score (nSPS) is 11.2. The number of methoxy groups -OCH3 is 1. The maximum atomic E-state index is 13.2. The van der Waals surface area contributed by atoms with Gasteiger partial charge in [-0.15, -0.1) is 0 Å². The van der Waals surface area contributed by atoms with Crippen LogP contribution in [-0.2, 0) is 20.9 Å². The molecule has 0 fully saturated rings. The molecule has 0 unspecified atom stereocenters. The minimum absolute atomic E-state index is 0.197. The van der Waals surface area contributed by atoms with E-state index in [9.17, 15) is 18.8 Å². The lowest BCUT2D eigenvalue weighted by Gasteiger charge is -2.12. The summed E-state index contributed by atoms with van der Waals surface area (Å²) >= 11 is 0. The van der Waals surface area contributed by atoms with Gasteiger partial charge in [0.15, 0.2) is 13.2 Å². The fourth-order valence-corrected chi connectivity index (χ4v) is 2.41. The first kappa shape index (κ1) is 20.9. The quantitative estimate of drug-likeness (QED) is 0.535. The van der Waals surface area contributed by atoms with E-state index in [0.717, 1.165) is 0 Å². The van der Waals surface area contributed by atoms with Crippen molar-refractivity contribution in [2.24, 2.45) is 0 Å². The highest BCUT2D eigenvalue weighted by Gasteiger charge is 2.29. The van der Waals surface area contributed by atoms with Crippen LogP contribution in [0.1, 0.15) is 18.9 Å². The smallest absolute Gasteiger partial charge is 0.489 e. The molecule has 0 bridgehead atoms. The summed E-state index contributed by atoms with van der Waals surface area (Å²) in [5.74, 6) is -1.04. The van der Waals surface area contributed by atoms with Crippen LogP contribution in [-0.4, -0.2) is 35.7 Å². The van der Waals surface area contributed by atoms with Crippen molar-refractivity contribution >= 4 is 23.5 Å². The largest absolute Gasteiger partial charge is 0.506 e. The monoisotopic (exact) mass is 389 g/mol. The molecule has 2 aromatic carbocycles. The minimum atomic E-state index is -0.948. The summed E-state index contributed by atoms with van der Waals surface area (Å²) < 4.78 is 23.4. The number of amides is 2. The predicted octanol–water partition coefficient (Wildman–Crippen LogP) is 2.39. The van der Waals surface area contributed by atoms with Crippen LogP contribution >= 0.6 is 0 Å². The van der Waals surface area contributed by atoms with Gasteiger partial charge in [0.05, 0.1) is 6.42 Å². The van der Waals surface area contributed by atoms with E-state index in [-0.39, 0.29) is 18.8 Å². The molecule has 148 valence electrons. The summed E-state index contributed by atoms with van der Waals surface area (Å²) in [4.78, 5) is 33.0. The molecule has 0 aliphatic carbocycles. The van der Waals surface area contributed by atoms with Crippen molar-refractivity contribution < 1.29 is 28.2 Å². The van der Waals surface area contributed by atoms with Crippen LogP contribution in [0.3, 0.4) is 0 Å². The standard InChI is InChI=1S/C20H21FN2O5/c1-13(24)22-18(20(26)27-2)11-19(25)23-16-6-8-17(9-7-16)28-12-14-4-3-5-15(21)10-14/h3-10,18H,11-12H2,1-2H3,(H,22,24)(H,23,25)/p+1/t18-/m0/s1. The molecule has 3 N–H and O–H groups in total. The first-order valence-electron chi connectivity index (χ1n) is 8.51. The van der Waals surface area contributed by atoms with Gasteiger partial charge in [-0.25, -0.2) is 4.39 Å². The lowest BCUT2D eigenvalue weighted by molar-refractivity contribution is -0.120. The van der Waals surface area contributed by atoms with Crippen LogP contribution in [0.15, 0.2) is 48.5 Å². The lowest BCUT2D eigenvalue weighted by atomic mass is 10.2. The predicted molar refractivity (Wildman–Crippen MR) is 102 cm³/mol. The van der Waals surface area contributed by atoms with Crippen molar-refractivity contribution in [1.29, 1.82) is 0 Å². The zero-order chi connectivity index (χ0) is 20.5. The number of ether oxygens (including phenoxy) is 2. The van der Waals surface area contributed by atoms with Gasteiger partial charge in [0.2, 0.25) is 11.8 Å². The molecule has 0 heterocycles. The highest BCUT2D eigenvalue weighted by atomic mass is 19.1. The summed E-state index contributed by atoms with van der Waals surface area (Å²) in [6.45, 7) is 1.49. The third-order valence-electron chi connectivity index (χ3n) is 3.71. The van der Waals surface area contributed by atoms with Gasteiger partial charge < -0.3 is 24.9 Å². The Balaban J connectivity index is 1.89. The van der Waals surface area contributed by atoms with Crippen LogP contribution in [0.2, 0.25) is 0 Å². The number of esters is 1. The summed E-state index contributed by atoms with van der Waals surface area (Å²) in [5, 5.41) is 5.09. The van der Waals surface area contributed by atoms with Crippen molar-refractivity contribution in [1.82, 2.24) is 5.32 Å². The molecule has 0 radical (unpaired) electrons.